The molecule has 1 N–H and O–H groups in total. The van der Waals surface area contributed by atoms with Crippen molar-refractivity contribution in [3.05, 3.63) is 18.3 Å². The van der Waals surface area contributed by atoms with E-state index in [0.29, 0.717) is 32.1 Å². The molecule has 0 atom stereocenters. The highest BCUT2D eigenvalue weighted by Gasteiger charge is 2.25. The molecule has 1 fully saturated rings. The summed E-state index contributed by atoms with van der Waals surface area (Å²) in [6, 6.07) is 3.31. The molecule has 0 amide bonds. The van der Waals surface area contributed by atoms with Crippen LogP contribution in [0, 0.1) is 0 Å². The van der Waals surface area contributed by atoms with E-state index in [-0.39, 0.29) is 4.90 Å². The van der Waals surface area contributed by atoms with E-state index in [9.17, 15) is 8.42 Å². The van der Waals surface area contributed by atoms with Gasteiger partial charge in [-0.3, -0.25) is 0 Å². The van der Waals surface area contributed by atoms with E-state index in [4.69, 9.17) is 4.74 Å². The first-order valence-corrected chi connectivity index (χ1v) is 8.36. The van der Waals surface area contributed by atoms with Gasteiger partial charge in [-0.1, -0.05) is 6.92 Å². The molecule has 1 saturated heterocycles. The number of nitrogens with zero attached hydrogens (tertiary/aromatic N) is 2. The maximum Gasteiger partial charge on any atom is 0.244 e. The van der Waals surface area contributed by atoms with Crippen molar-refractivity contribution in [2.45, 2.75) is 24.7 Å². The van der Waals surface area contributed by atoms with Gasteiger partial charge in [0, 0.05) is 32.4 Å². The molecule has 0 unspecified atom stereocenters. The summed E-state index contributed by atoms with van der Waals surface area (Å²) in [4.78, 5) is 4.39. The molecular weight excluding hydrogens is 278 g/mol. The van der Waals surface area contributed by atoms with Crippen molar-refractivity contribution in [3.8, 4) is 0 Å². The molecule has 1 aromatic heterocycles. The number of anilines is 1. The standard InChI is InChI=1S/C13H21N3O3S/c1-2-6-14-13-5-4-12(11-15-13)20(17,18)16-7-3-9-19-10-8-16/h4-5,11H,2-3,6-10H2,1H3,(H,14,15). The molecule has 0 spiro atoms. The van der Waals surface area contributed by atoms with Crippen LogP contribution >= 0.6 is 0 Å². The zero-order valence-electron chi connectivity index (χ0n) is 11.7. The monoisotopic (exact) mass is 299 g/mol. The minimum Gasteiger partial charge on any atom is -0.380 e. The van der Waals surface area contributed by atoms with Crippen molar-refractivity contribution in [2.24, 2.45) is 0 Å². The zero-order chi connectivity index (χ0) is 14.4. The van der Waals surface area contributed by atoms with E-state index in [2.05, 4.69) is 17.2 Å². The number of pyridine rings is 1. The van der Waals surface area contributed by atoms with Crippen molar-refractivity contribution in [1.29, 1.82) is 0 Å². The maximum absolute atomic E-state index is 12.5. The third-order valence-corrected chi connectivity index (χ3v) is 4.99. The first kappa shape index (κ1) is 15.2. The summed E-state index contributed by atoms with van der Waals surface area (Å²) in [5.41, 5.74) is 0. The van der Waals surface area contributed by atoms with Crippen LogP contribution in [0.25, 0.3) is 0 Å². The molecule has 0 bridgehead atoms. The molecule has 20 heavy (non-hydrogen) atoms. The smallest absolute Gasteiger partial charge is 0.244 e. The molecule has 1 aliphatic heterocycles. The fourth-order valence-electron chi connectivity index (χ4n) is 2.00. The van der Waals surface area contributed by atoms with E-state index < -0.39 is 10.0 Å². The van der Waals surface area contributed by atoms with Gasteiger partial charge in [0.05, 0.1) is 6.61 Å². The number of sulfonamides is 1. The molecule has 112 valence electrons. The second kappa shape index (κ2) is 7.01. The Hall–Kier alpha value is -1.18. The van der Waals surface area contributed by atoms with Gasteiger partial charge in [-0.15, -0.1) is 0 Å². The molecule has 1 aromatic rings. The molecular formula is C13H21N3O3S. The van der Waals surface area contributed by atoms with Crippen LogP contribution in [-0.2, 0) is 14.8 Å². The highest BCUT2D eigenvalue weighted by atomic mass is 32.2. The van der Waals surface area contributed by atoms with Crippen LogP contribution in [0.4, 0.5) is 5.82 Å². The molecule has 1 aliphatic rings. The summed E-state index contributed by atoms with van der Waals surface area (Å²) in [5, 5.41) is 3.12. The van der Waals surface area contributed by atoms with E-state index in [1.54, 1.807) is 12.1 Å². The Bertz CT molecular complexity index is 508. The van der Waals surface area contributed by atoms with Crippen LogP contribution in [0.2, 0.25) is 0 Å². The SMILES string of the molecule is CCCNc1ccc(S(=O)(=O)N2CCCOCC2)cn1. The third-order valence-electron chi connectivity index (χ3n) is 3.11. The van der Waals surface area contributed by atoms with E-state index in [1.165, 1.54) is 10.5 Å². The van der Waals surface area contributed by atoms with Gasteiger partial charge >= 0.3 is 0 Å². The predicted octanol–water partition coefficient (Wildman–Crippen LogP) is 1.31. The van der Waals surface area contributed by atoms with Gasteiger partial charge in [0.25, 0.3) is 0 Å². The van der Waals surface area contributed by atoms with Crippen LogP contribution in [0.1, 0.15) is 19.8 Å². The summed E-state index contributed by atoms with van der Waals surface area (Å²) in [7, 11) is -3.46. The van der Waals surface area contributed by atoms with Crippen molar-refractivity contribution in [2.75, 3.05) is 38.2 Å². The zero-order valence-corrected chi connectivity index (χ0v) is 12.5. The second-order valence-corrected chi connectivity index (χ2v) is 6.61. The maximum atomic E-state index is 12.5. The van der Waals surface area contributed by atoms with Gasteiger partial charge in [0.15, 0.2) is 0 Å². The largest absolute Gasteiger partial charge is 0.380 e. The Labute approximate surface area is 120 Å². The first-order chi connectivity index (χ1) is 9.64. The number of ether oxygens (including phenoxy) is 1. The average molecular weight is 299 g/mol. The second-order valence-electron chi connectivity index (χ2n) is 4.68. The molecule has 6 nitrogen and oxygen atoms in total. The van der Waals surface area contributed by atoms with E-state index in [1.807, 2.05) is 0 Å². The van der Waals surface area contributed by atoms with Crippen LogP contribution in [0.5, 0.6) is 0 Å². The Morgan fingerprint density at radius 1 is 1.35 bits per heavy atom. The minimum absolute atomic E-state index is 0.237. The number of hydrogen-bond donors (Lipinski definition) is 1. The lowest BCUT2D eigenvalue weighted by Gasteiger charge is -2.19. The third kappa shape index (κ3) is 3.68. The Balaban J connectivity index is 2.12. The lowest BCUT2D eigenvalue weighted by atomic mass is 10.4. The van der Waals surface area contributed by atoms with Gasteiger partial charge in [0.2, 0.25) is 10.0 Å². The lowest BCUT2D eigenvalue weighted by Crippen LogP contribution is -2.33. The molecule has 0 radical (unpaired) electrons. The van der Waals surface area contributed by atoms with Gasteiger partial charge in [-0.2, -0.15) is 4.31 Å². The molecule has 0 saturated carbocycles. The topological polar surface area (TPSA) is 71.5 Å². The Morgan fingerprint density at radius 2 is 2.20 bits per heavy atom. The van der Waals surface area contributed by atoms with Gasteiger partial charge in [-0.05, 0) is 25.0 Å². The molecule has 2 heterocycles. The number of hydrogen-bond acceptors (Lipinski definition) is 5. The van der Waals surface area contributed by atoms with Crippen molar-refractivity contribution in [1.82, 2.24) is 9.29 Å². The Kier molecular flexibility index (Phi) is 5.33. The Morgan fingerprint density at radius 3 is 2.90 bits per heavy atom. The van der Waals surface area contributed by atoms with Crippen LogP contribution < -0.4 is 5.32 Å². The minimum atomic E-state index is -3.46. The van der Waals surface area contributed by atoms with Crippen molar-refractivity contribution >= 4 is 15.8 Å². The number of rotatable bonds is 5. The highest BCUT2D eigenvalue weighted by Crippen LogP contribution is 2.17. The highest BCUT2D eigenvalue weighted by molar-refractivity contribution is 7.89. The van der Waals surface area contributed by atoms with Crippen LogP contribution in [0.15, 0.2) is 23.2 Å². The average Bonchev–Trinajstić information content (AvgIpc) is 2.75. The van der Waals surface area contributed by atoms with Gasteiger partial charge < -0.3 is 10.1 Å². The summed E-state index contributed by atoms with van der Waals surface area (Å²) in [6.07, 6.45) is 3.14. The normalized spacial score (nSPS) is 17.6. The molecule has 7 heteroatoms. The van der Waals surface area contributed by atoms with Crippen molar-refractivity contribution < 1.29 is 13.2 Å². The summed E-state index contributed by atoms with van der Waals surface area (Å²) in [6.45, 7) is 4.85. The number of aromatic nitrogens is 1. The molecule has 0 aromatic carbocycles. The van der Waals surface area contributed by atoms with Crippen LogP contribution in [-0.4, -0.2) is 50.6 Å². The van der Waals surface area contributed by atoms with Gasteiger partial charge in [0.1, 0.15) is 10.7 Å². The lowest BCUT2D eigenvalue weighted by molar-refractivity contribution is 0.148. The van der Waals surface area contributed by atoms with Crippen molar-refractivity contribution in [3.63, 3.8) is 0 Å². The fourth-order valence-corrected chi connectivity index (χ4v) is 3.41. The molecule has 2 rings (SSSR count). The van der Waals surface area contributed by atoms with Crippen LogP contribution in [0.3, 0.4) is 0 Å². The van der Waals surface area contributed by atoms with E-state index in [0.717, 1.165) is 19.4 Å². The predicted molar refractivity (Wildman–Crippen MR) is 77.2 cm³/mol. The fraction of sp³-hybridized carbons (Fsp3) is 0.615. The summed E-state index contributed by atoms with van der Waals surface area (Å²) in [5.74, 6) is 0.699. The molecule has 0 aliphatic carbocycles. The first-order valence-electron chi connectivity index (χ1n) is 6.92. The quantitative estimate of drug-likeness (QED) is 0.887. The summed E-state index contributed by atoms with van der Waals surface area (Å²) >= 11 is 0. The van der Waals surface area contributed by atoms with E-state index >= 15 is 0 Å². The number of nitrogens with one attached hydrogen (secondary N) is 1. The van der Waals surface area contributed by atoms with Gasteiger partial charge in [-0.25, -0.2) is 13.4 Å². The summed E-state index contributed by atoms with van der Waals surface area (Å²) < 4.78 is 31.7.